The molecule has 0 aliphatic carbocycles. The highest BCUT2D eigenvalue weighted by Crippen LogP contribution is 2.07. The normalized spacial score (nSPS) is 9.56. The number of unbranched alkanes of at least 4 members (excludes halogenated alkanes) is 7. The summed E-state index contributed by atoms with van der Waals surface area (Å²) < 4.78 is 0. The Morgan fingerprint density at radius 2 is 0.889 bits per heavy atom. The van der Waals surface area contributed by atoms with E-state index in [0.29, 0.717) is 12.8 Å². The fraction of sp³-hybridized carbons (Fsp3) is 0.875. The molecule has 0 radical (unpaired) electrons. The number of ketones is 2. The van der Waals surface area contributed by atoms with Crippen molar-refractivity contribution in [2.75, 3.05) is 0 Å². The van der Waals surface area contributed by atoms with Gasteiger partial charge < -0.3 is 9.59 Å². The van der Waals surface area contributed by atoms with Crippen molar-refractivity contribution in [2.45, 2.75) is 91.9 Å². The average molecular weight is 256 g/mol. The van der Waals surface area contributed by atoms with Gasteiger partial charge in [0.05, 0.1) is 0 Å². The van der Waals surface area contributed by atoms with E-state index in [1.165, 1.54) is 65.2 Å². The van der Waals surface area contributed by atoms with Crippen LogP contribution in [0.2, 0.25) is 0 Å². The van der Waals surface area contributed by atoms with Crippen molar-refractivity contribution in [3.05, 3.63) is 0 Å². The molecule has 0 saturated heterocycles. The molecule has 0 aromatic carbocycles. The van der Waals surface area contributed by atoms with Crippen molar-refractivity contribution >= 4 is 11.6 Å². The van der Waals surface area contributed by atoms with Gasteiger partial charge >= 0.3 is 0 Å². The molecular weight excluding hydrogens is 224 g/mol. The summed E-state index contributed by atoms with van der Waals surface area (Å²) in [5, 5.41) is 0. The molecule has 0 spiro atoms. The predicted molar refractivity (Wildman–Crippen MR) is 78.9 cm³/mol. The highest BCUT2D eigenvalue weighted by molar-refractivity contribution is 5.83. The lowest BCUT2D eigenvalue weighted by atomic mass is 10.1. The standard InChI is InChI=1S/C10H22.C6H10O2/c1-3-5-7-9-10-8-6-4-2;1-5(7)3-4-6(2)8/h3-10H2,1-2H3;3-4H2,1-2H3. The maximum atomic E-state index is 10.2. The molecule has 0 aromatic rings. The Labute approximate surface area is 114 Å². The van der Waals surface area contributed by atoms with E-state index in [4.69, 9.17) is 0 Å². The molecule has 18 heavy (non-hydrogen) atoms. The van der Waals surface area contributed by atoms with Crippen molar-refractivity contribution in [3.63, 3.8) is 0 Å². The lowest BCUT2D eigenvalue weighted by Gasteiger charge is -1.97. The molecule has 0 fully saturated rings. The van der Waals surface area contributed by atoms with Crippen molar-refractivity contribution in [1.82, 2.24) is 0 Å². The highest BCUT2D eigenvalue weighted by atomic mass is 16.1. The molecule has 0 atom stereocenters. The average Bonchev–Trinajstić information content (AvgIpc) is 2.32. The molecule has 0 bridgehead atoms. The van der Waals surface area contributed by atoms with Crippen LogP contribution in [-0.4, -0.2) is 11.6 Å². The zero-order chi connectivity index (χ0) is 14.2. The zero-order valence-corrected chi connectivity index (χ0v) is 12.9. The maximum Gasteiger partial charge on any atom is 0.130 e. The fourth-order valence-corrected chi connectivity index (χ4v) is 1.56. The second kappa shape index (κ2) is 16.3. The van der Waals surface area contributed by atoms with E-state index in [-0.39, 0.29) is 11.6 Å². The molecule has 0 aromatic heterocycles. The summed E-state index contributed by atoms with van der Waals surface area (Å²) in [7, 11) is 0. The first-order valence-electron chi connectivity index (χ1n) is 7.53. The van der Waals surface area contributed by atoms with Gasteiger partial charge in [-0.3, -0.25) is 0 Å². The molecule has 2 nitrogen and oxygen atoms in total. The molecule has 2 heteroatoms. The van der Waals surface area contributed by atoms with Gasteiger partial charge in [0, 0.05) is 12.8 Å². The first-order chi connectivity index (χ1) is 8.54. The molecule has 0 amide bonds. The van der Waals surface area contributed by atoms with Crippen LogP contribution in [0.1, 0.15) is 91.9 Å². The van der Waals surface area contributed by atoms with Gasteiger partial charge in [-0.1, -0.05) is 65.2 Å². The van der Waals surface area contributed by atoms with Crippen LogP contribution in [0, 0.1) is 0 Å². The van der Waals surface area contributed by atoms with E-state index in [9.17, 15) is 9.59 Å². The Morgan fingerprint density at radius 3 is 1.11 bits per heavy atom. The molecule has 0 N–H and O–H groups in total. The van der Waals surface area contributed by atoms with Crippen molar-refractivity contribution in [1.29, 1.82) is 0 Å². The van der Waals surface area contributed by atoms with E-state index in [2.05, 4.69) is 13.8 Å². The number of hydrogen-bond donors (Lipinski definition) is 0. The fourth-order valence-electron chi connectivity index (χ4n) is 1.56. The minimum absolute atomic E-state index is 0.0835. The third-order valence-corrected chi connectivity index (χ3v) is 2.79. The summed E-state index contributed by atoms with van der Waals surface area (Å²) >= 11 is 0. The molecule has 0 heterocycles. The van der Waals surface area contributed by atoms with E-state index in [1.54, 1.807) is 0 Å². The molecule has 108 valence electrons. The minimum atomic E-state index is 0.0835. The Hall–Kier alpha value is -0.660. The first kappa shape index (κ1) is 19.7. The van der Waals surface area contributed by atoms with Gasteiger partial charge in [0.1, 0.15) is 11.6 Å². The smallest absolute Gasteiger partial charge is 0.130 e. The van der Waals surface area contributed by atoms with Gasteiger partial charge in [-0.15, -0.1) is 0 Å². The topological polar surface area (TPSA) is 34.1 Å². The Balaban J connectivity index is 0. The molecule has 0 unspecified atom stereocenters. The third-order valence-electron chi connectivity index (χ3n) is 2.79. The van der Waals surface area contributed by atoms with E-state index in [0.717, 1.165) is 0 Å². The van der Waals surface area contributed by atoms with Crippen LogP contribution in [0.5, 0.6) is 0 Å². The van der Waals surface area contributed by atoms with Crippen molar-refractivity contribution < 1.29 is 9.59 Å². The summed E-state index contributed by atoms with van der Waals surface area (Å²) in [6, 6.07) is 0. The van der Waals surface area contributed by atoms with Gasteiger partial charge in [-0.25, -0.2) is 0 Å². The van der Waals surface area contributed by atoms with Crippen LogP contribution in [0.3, 0.4) is 0 Å². The Bertz CT molecular complexity index is 175. The lowest BCUT2D eigenvalue weighted by molar-refractivity contribution is -0.122. The summed E-state index contributed by atoms with van der Waals surface area (Å²) in [5.74, 6) is 0.167. The molecule has 0 aliphatic heterocycles. The summed E-state index contributed by atoms with van der Waals surface area (Å²) in [6.45, 7) is 7.52. The maximum absolute atomic E-state index is 10.2. The summed E-state index contributed by atoms with van der Waals surface area (Å²) in [6.07, 6.45) is 12.3. The zero-order valence-electron chi connectivity index (χ0n) is 12.9. The lowest BCUT2D eigenvalue weighted by Crippen LogP contribution is -1.95. The second-order valence-corrected chi connectivity index (χ2v) is 5.03. The van der Waals surface area contributed by atoms with Crippen LogP contribution >= 0.6 is 0 Å². The van der Waals surface area contributed by atoms with Crippen LogP contribution in [0.4, 0.5) is 0 Å². The largest absolute Gasteiger partial charge is 0.300 e. The molecule has 0 aliphatic rings. The Kier molecular flexibility index (Phi) is 17.9. The number of carbonyl (C=O) groups is 2. The second-order valence-electron chi connectivity index (χ2n) is 5.03. The van der Waals surface area contributed by atoms with Gasteiger partial charge in [0.15, 0.2) is 0 Å². The quantitative estimate of drug-likeness (QED) is 0.510. The van der Waals surface area contributed by atoms with Crippen LogP contribution in [0.25, 0.3) is 0 Å². The van der Waals surface area contributed by atoms with E-state index in [1.807, 2.05) is 0 Å². The summed E-state index contributed by atoms with van der Waals surface area (Å²) in [5.41, 5.74) is 0. The Morgan fingerprint density at radius 1 is 0.611 bits per heavy atom. The number of rotatable bonds is 10. The molecule has 0 rings (SSSR count). The minimum Gasteiger partial charge on any atom is -0.300 e. The van der Waals surface area contributed by atoms with Gasteiger partial charge in [-0.2, -0.15) is 0 Å². The molecule has 0 saturated carbocycles. The first-order valence-corrected chi connectivity index (χ1v) is 7.53. The van der Waals surface area contributed by atoms with Crippen LogP contribution in [0.15, 0.2) is 0 Å². The third kappa shape index (κ3) is 24.5. The van der Waals surface area contributed by atoms with E-state index >= 15 is 0 Å². The number of carbonyl (C=O) groups excluding carboxylic acids is 2. The highest BCUT2D eigenvalue weighted by Gasteiger charge is 1.95. The van der Waals surface area contributed by atoms with Crippen LogP contribution in [-0.2, 0) is 9.59 Å². The van der Waals surface area contributed by atoms with Gasteiger partial charge in [-0.05, 0) is 13.8 Å². The van der Waals surface area contributed by atoms with E-state index < -0.39 is 0 Å². The van der Waals surface area contributed by atoms with Crippen molar-refractivity contribution in [2.24, 2.45) is 0 Å². The number of hydrogen-bond acceptors (Lipinski definition) is 2. The number of Topliss-reactive ketones (excluding diaryl/α,β-unsaturated/α-hetero) is 2. The van der Waals surface area contributed by atoms with Crippen molar-refractivity contribution in [3.8, 4) is 0 Å². The monoisotopic (exact) mass is 256 g/mol. The molecular formula is C16H32O2. The predicted octanol–water partition coefficient (Wildman–Crippen LogP) is 5.09. The van der Waals surface area contributed by atoms with Crippen LogP contribution < -0.4 is 0 Å². The van der Waals surface area contributed by atoms with Gasteiger partial charge in [0.2, 0.25) is 0 Å². The SMILES string of the molecule is CC(=O)CCC(C)=O.CCCCCCCCCC. The summed E-state index contributed by atoms with van der Waals surface area (Å²) in [4.78, 5) is 20.4. The van der Waals surface area contributed by atoms with Gasteiger partial charge in [0.25, 0.3) is 0 Å².